The first kappa shape index (κ1) is 19.4. The number of amides is 2. The van der Waals surface area contributed by atoms with Crippen molar-refractivity contribution in [2.45, 2.75) is 12.8 Å². The molecular formula is C20H17ClN2O3S. The second-order valence-electron chi connectivity index (χ2n) is 5.83. The number of rotatable bonds is 6. The summed E-state index contributed by atoms with van der Waals surface area (Å²) in [6.07, 6.45) is 4.34. The minimum Gasteiger partial charge on any atom is -0.375 e. The van der Waals surface area contributed by atoms with E-state index in [1.54, 1.807) is 30.4 Å². The van der Waals surface area contributed by atoms with E-state index in [1.807, 2.05) is 36.4 Å². The first-order valence-electron chi connectivity index (χ1n) is 8.18. The smallest absolute Gasteiger partial charge is 0.290 e. The van der Waals surface area contributed by atoms with E-state index in [9.17, 15) is 14.7 Å². The lowest BCUT2D eigenvalue weighted by Crippen LogP contribution is -2.25. The highest BCUT2D eigenvalue weighted by Crippen LogP contribution is 2.25. The van der Waals surface area contributed by atoms with Crippen LogP contribution in [0.3, 0.4) is 0 Å². The van der Waals surface area contributed by atoms with Crippen molar-refractivity contribution in [2.24, 2.45) is 0 Å². The molecule has 1 aliphatic heterocycles. The van der Waals surface area contributed by atoms with Crippen LogP contribution in [0.15, 0.2) is 59.5 Å². The Morgan fingerprint density at radius 3 is 2.37 bits per heavy atom. The number of carbonyl (C=O) groups excluding carboxylic acids is 2. The average Bonchev–Trinajstić information content (AvgIpc) is 2.97. The number of benzene rings is 2. The van der Waals surface area contributed by atoms with Crippen molar-refractivity contribution < 1.29 is 14.7 Å². The Kier molecular flexibility index (Phi) is 6.47. The van der Waals surface area contributed by atoms with Crippen LogP contribution in [-0.2, 0) is 11.3 Å². The topological polar surface area (TPSA) is 78.4 Å². The normalized spacial score (nSPS) is 16.9. The molecule has 1 aliphatic rings. The maximum Gasteiger partial charge on any atom is 0.290 e. The van der Waals surface area contributed by atoms with Crippen molar-refractivity contribution in [1.82, 2.24) is 10.6 Å². The summed E-state index contributed by atoms with van der Waals surface area (Å²) in [6, 6.07) is 14.8. The highest BCUT2D eigenvalue weighted by Gasteiger charge is 2.24. The summed E-state index contributed by atoms with van der Waals surface area (Å²) in [5.41, 5.74) is 2.75. The highest BCUT2D eigenvalue weighted by molar-refractivity contribution is 8.18. The minimum absolute atomic E-state index is 0.356. The molecule has 1 atom stereocenters. The van der Waals surface area contributed by atoms with Gasteiger partial charge in [-0.15, -0.1) is 0 Å². The van der Waals surface area contributed by atoms with E-state index in [-0.39, 0.29) is 11.1 Å². The first-order chi connectivity index (χ1) is 13.0. The van der Waals surface area contributed by atoms with Gasteiger partial charge in [0.15, 0.2) is 0 Å². The lowest BCUT2D eigenvalue weighted by Gasteiger charge is -2.08. The van der Waals surface area contributed by atoms with Gasteiger partial charge in [-0.3, -0.25) is 20.2 Å². The van der Waals surface area contributed by atoms with Crippen LogP contribution in [0.2, 0.25) is 5.02 Å². The van der Waals surface area contributed by atoms with E-state index in [2.05, 4.69) is 10.6 Å². The Morgan fingerprint density at radius 1 is 1.07 bits per heavy atom. The third kappa shape index (κ3) is 5.80. The van der Waals surface area contributed by atoms with Gasteiger partial charge in [0.1, 0.15) is 6.23 Å². The number of nitrogens with one attached hydrogen (secondary N) is 2. The lowest BCUT2D eigenvalue weighted by molar-refractivity contribution is -0.115. The molecule has 0 spiro atoms. The SMILES string of the molecule is O=C1NC(=O)/C(=C/c2ccc(/C=C/C(O)NCc3ccc(Cl)cc3)cc2)S1. The van der Waals surface area contributed by atoms with E-state index >= 15 is 0 Å². The van der Waals surface area contributed by atoms with Gasteiger partial charge >= 0.3 is 0 Å². The monoisotopic (exact) mass is 400 g/mol. The minimum atomic E-state index is -0.785. The van der Waals surface area contributed by atoms with Crippen LogP contribution in [0, 0.1) is 0 Å². The van der Waals surface area contributed by atoms with Crippen LogP contribution in [-0.4, -0.2) is 22.5 Å². The molecule has 138 valence electrons. The maximum absolute atomic E-state index is 11.5. The second kappa shape index (κ2) is 9.01. The summed E-state index contributed by atoms with van der Waals surface area (Å²) in [6.45, 7) is 0.521. The van der Waals surface area contributed by atoms with Crippen molar-refractivity contribution in [3.8, 4) is 0 Å². The fraction of sp³-hybridized carbons (Fsp3) is 0.100. The molecule has 3 rings (SSSR count). The largest absolute Gasteiger partial charge is 0.375 e. The average molecular weight is 401 g/mol. The molecule has 2 aromatic rings. The van der Waals surface area contributed by atoms with E-state index in [4.69, 9.17) is 11.6 Å². The molecule has 7 heteroatoms. The van der Waals surface area contributed by atoms with Gasteiger partial charge < -0.3 is 5.11 Å². The van der Waals surface area contributed by atoms with E-state index in [1.165, 1.54) is 0 Å². The van der Waals surface area contributed by atoms with Gasteiger partial charge in [-0.1, -0.05) is 54.1 Å². The zero-order chi connectivity index (χ0) is 19.2. The van der Waals surface area contributed by atoms with Gasteiger partial charge in [0, 0.05) is 11.6 Å². The number of hydrogen-bond donors (Lipinski definition) is 3. The Morgan fingerprint density at radius 2 is 1.74 bits per heavy atom. The first-order valence-corrected chi connectivity index (χ1v) is 9.38. The molecule has 0 aliphatic carbocycles. The van der Waals surface area contributed by atoms with Crippen molar-refractivity contribution in [3.05, 3.63) is 81.2 Å². The van der Waals surface area contributed by atoms with Crippen LogP contribution >= 0.6 is 23.4 Å². The Balaban J connectivity index is 1.54. The number of aliphatic hydroxyl groups excluding tert-OH is 1. The fourth-order valence-corrected chi connectivity index (χ4v) is 3.18. The zero-order valence-corrected chi connectivity index (χ0v) is 15.8. The van der Waals surface area contributed by atoms with Gasteiger partial charge in [-0.05, 0) is 52.7 Å². The molecule has 1 unspecified atom stereocenters. The van der Waals surface area contributed by atoms with E-state index in [0.717, 1.165) is 28.5 Å². The molecule has 1 saturated heterocycles. The van der Waals surface area contributed by atoms with Gasteiger partial charge in [0.2, 0.25) is 0 Å². The fourth-order valence-electron chi connectivity index (χ4n) is 2.37. The molecule has 2 amide bonds. The summed E-state index contributed by atoms with van der Waals surface area (Å²) >= 11 is 6.73. The van der Waals surface area contributed by atoms with Gasteiger partial charge in [-0.25, -0.2) is 0 Å². The summed E-state index contributed by atoms with van der Waals surface area (Å²) in [5.74, 6) is -0.371. The number of carbonyl (C=O) groups is 2. The molecule has 0 aromatic heterocycles. The molecule has 0 saturated carbocycles. The third-order valence-electron chi connectivity index (χ3n) is 3.78. The standard InChI is InChI=1S/C20H17ClN2O3S/c21-16-8-5-15(6-9-16)12-22-18(24)10-7-13-1-3-14(4-2-13)11-17-19(25)23-20(26)27-17/h1-11,18,22,24H,12H2,(H,23,25,26)/b10-7+,17-11-. The molecular weight excluding hydrogens is 384 g/mol. The highest BCUT2D eigenvalue weighted by atomic mass is 35.5. The van der Waals surface area contributed by atoms with Crippen molar-refractivity contribution in [1.29, 1.82) is 0 Å². The summed E-state index contributed by atoms with van der Waals surface area (Å²) in [5, 5.41) is 15.6. The molecule has 3 N–H and O–H groups in total. The van der Waals surface area contributed by atoms with Crippen LogP contribution in [0.1, 0.15) is 16.7 Å². The second-order valence-corrected chi connectivity index (χ2v) is 7.28. The van der Waals surface area contributed by atoms with E-state index in [0.29, 0.717) is 16.5 Å². The van der Waals surface area contributed by atoms with Crippen LogP contribution < -0.4 is 10.6 Å². The van der Waals surface area contributed by atoms with Crippen LogP contribution in [0.25, 0.3) is 12.2 Å². The third-order valence-corrected chi connectivity index (χ3v) is 4.84. The number of aliphatic hydroxyl groups is 1. The van der Waals surface area contributed by atoms with Gasteiger partial charge in [-0.2, -0.15) is 0 Å². The summed E-state index contributed by atoms with van der Waals surface area (Å²) < 4.78 is 0. The molecule has 2 aromatic carbocycles. The molecule has 0 bridgehead atoms. The van der Waals surface area contributed by atoms with Crippen LogP contribution in [0.4, 0.5) is 4.79 Å². The van der Waals surface area contributed by atoms with Crippen LogP contribution in [0.5, 0.6) is 0 Å². The quantitative estimate of drug-likeness (QED) is 0.508. The summed E-state index contributed by atoms with van der Waals surface area (Å²) in [7, 11) is 0. The zero-order valence-electron chi connectivity index (χ0n) is 14.2. The van der Waals surface area contributed by atoms with Crippen molar-refractivity contribution in [2.75, 3.05) is 0 Å². The van der Waals surface area contributed by atoms with Gasteiger partial charge in [0.25, 0.3) is 11.1 Å². The number of imide groups is 1. The predicted molar refractivity (Wildman–Crippen MR) is 109 cm³/mol. The lowest BCUT2D eigenvalue weighted by atomic mass is 10.1. The number of thioether (sulfide) groups is 1. The Bertz CT molecular complexity index is 892. The van der Waals surface area contributed by atoms with E-state index < -0.39 is 6.23 Å². The molecule has 0 radical (unpaired) electrons. The summed E-state index contributed by atoms with van der Waals surface area (Å²) in [4.78, 5) is 23.1. The van der Waals surface area contributed by atoms with Crippen molar-refractivity contribution >= 4 is 46.7 Å². The Hall–Kier alpha value is -2.38. The molecule has 1 fully saturated rings. The predicted octanol–water partition coefficient (Wildman–Crippen LogP) is 3.79. The number of hydrogen-bond acceptors (Lipinski definition) is 5. The molecule has 27 heavy (non-hydrogen) atoms. The van der Waals surface area contributed by atoms with Gasteiger partial charge in [0.05, 0.1) is 4.91 Å². The molecule has 5 nitrogen and oxygen atoms in total. The number of halogens is 1. The Labute approximate surface area is 166 Å². The van der Waals surface area contributed by atoms with Crippen molar-refractivity contribution in [3.63, 3.8) is 0 Å². The molecule has 1 heterocycles. The maximum atomic E-state index is 11.5.